The maximum Gasteiger partial charge on any atom is 0.241 e. The topological polar surface area (TPSA) is 96.8 Å². The summed E-state index contributed by atoms with van der Waals surface area (Å²) in [7, 11) is -3.14. The highest BCUT2D eigenvalue weighted by Gasteiger charge is 2.41. The molecule has 4 unspecified atom stereocenters. The number of hydrogen-bond acceptors (Lipinski definition) is 7. The van der Waals surface area contributed by atoms with E-state index in [2.05, 4.69) is 89.7 Å². The predicted molar refractivity (Wildman–Crippen MR) is 169 cm³/mol. The molecule has 0 saturated carbocycles. The van der Waals surface area contributed by atoms with Crippen LogP contribution >= 0.6 is 22.6 Å². The van der Waals surface area contributed by atoms with Crippen LogP contribution in [-0.2, 0) is 21.1 Å². The van der Waals surface area contributed by atoms with Gasteiger partial charge in [0.05, 0.1) is 24.5 Å². The number of nitrogens with zero attached hydrogens (tertiary/aromatic N) is 4. The Labute approximate surface area is 253 Å². The summed E-state index contributed by atoms with van der Waals surface area (Å²) in [6, 6.07) is 8.86. The summed E-state index contributed by atoms with van der Waals surface area (Å²) in [5, 5.41) is 13.0. The highest BCUT2D eigenvalue weighted by atomic mass is 127. The molecule has 3 aliphatic rings. The zero-order chi connectivity index (χ0) is 29.2. The molecule has 1 aliphatic carbocycles. The Morgan fingerprint density at radius 3 is 2.58 bits per heavy atom. The van der Waals surface area contributed by atoms with Crippen LogP contribution in [-0.4, -0.2) is 86.6 Å². The van der Waals surface area contributed by atoms with Crippen molar-refractivity contribution in [3.8, 4) is 6.07 Å². The summed E-state index contributed by atoms with van der Waals surface area (Å²) in [5.41, 5.74) is 4.21. The molecule has 40 heavy (non-hydrogen) atoms. The Bertz CT molecular complexity index is 1320. The van der Waals surface area contributed by atoms with Crippen LogP contribution in [0, 0.1) is 20.8 Å². The van der Waals surface area contributed by atoms with Crippen molar-refractivity contribution in [3.63, 3.8) is 0 Å². The van der Waals surface area contributed by atoms with Crippen LogP contribution in [0.4, 0.5) is 5.69 Å². The van der Waals surface area contributed by atoms with Crippen molar-refractivity contribution in [1.29, 1.82) is 5.26 Å². The van der Waals surface area contributed by atoms with E-state index in [9.17, 15) is 18.5 Å². The molecule has 1 aromatic carbocycles. The Balaban J connectivity index is 1.57. The van der Waals surface area contributed by atoms with E-state index < -0.39 is 9.84 Å². The summed E-state index contributed by atoms with van der Waals surface area (Å²) in [5.74, 6) is 0.451. The molecule has 0 spiro atoms. The molecule has 10 heteroatoms. The molecule has 5 atom stereocenters. The highest BCUT2D eigenvalue weighted by molar-refractivity contribution is 14.1. The van der Waals surface area contributed by atoms with Crippen molar-refractivity contribution in [2.45, 2.75) is 71.2 Å². The minimum Gasteiger partial charge on any atom is -0.310 e. The molecule has 1 amide bonds. The third-order valence-corrected chi connectivity index (χ3v) is 10.2. The van der Waals surface area contributed by atoms with Gasteiger partial charge < -0.3 is 4.90 Å². The largest absolute Gasteiger partial charge is 0.310 e. The van der Waals surface area contributed by atoms with Gasteiger partial charge in [0, 0.05) is 58.8 Å². The fourth-order valence-corrected chi connectivity index (χ4v) is 7.64. The molecule has 1 aromatic rings. The van der Waals surface area contributed by atoms with Crippen molar-refractivity contribution in [2.24, 2.45) is 5.92 Å². The number of nitriles is 1. The SMILES string of the molecule is CCc1cc(I)cc(N2C[C@H](CCS(C)(=O)=O)N(CC3C(C)NC(C)N3CC3=CC=C(C#N)CC3C)CC2=O)c1. The zero-order valence-electron chi connectivity index (χ0n) is 24.2. The Kier molecular flexibility index (Phi) is 10.1. The third kappa shape index (κ3) is 7.53. The Hall–Kier alpha value is -1.78. The van der Waals surface area contributed by atoms with E-state index in [1.807, 2.05) is 17.0 Å². The van der Waals surface area contributed by atoms with Crippen molar-refractivity contribution < 1.29 is 13.2 Å². The van der Waals surface area contributed by atoms with Crippen LogP contribution in [0.1, 0.15) is 46.1 Å². The number of rotatable bonds is 9. The van der Waals surface area contributed by atoms with Crippen LogP contribution in [0.2, 0.25) is 0 Å². The first kappa shape index (κ1) is 31.2. The van der Waals surface area contributed by atoms with E-state index in [4.69, 9.17) is 0 Å². The first-order valence-corrected chi connectivity index (χ1v) is 17.4. The van der Waals surface area contributed by atoms with Gasteiger partial charge in [0.2, 0.25) is 5.91 Å². The van der Waals surface area contributed by atoms with E-state index in [0.717, 1.165) is 34.2 Å². The van der Waals surface area contributed by atoms with E-state index in [0.29, 0.717) is 25.4 Å². The van der Waals surface area contributed by atoms with Gasteiger partial charge in [-0.25, -0.2) is 8.42 Å². The number of carbonyl (C=O) groups is 1. The van der Waals surface area contributed by atoms with Gasteiger partial charge in [0.25, 0.3) is 0 Å². The molecular formula is C30H42IN5O3S. The molecular weight excluding hydrogens is 637 g/mol. The van der Waals surface area contributed by atoms with Gasteiger partial charge in [-0.15, -0.1) is 0 Å². The molecule has 0 aromatic heterocycles. The van der Waals surface area contributed by atoms with Crippen LogP contribution in [0.3, 0.4) is 0 Å². The van der Waals surface area contributed by atoms with Gasteiger partial charge in [0.1, 0.15) is 9.84 Å². The molecule has 0 radical (unpaired) electrons. The van der Waals surface area contributed by atoms with Crippen molar-refractivity contribution in [1.82, 2.24) is 15.1 Å². The normalized spacial score (nSPS) is 28.4. The summed E-state index contributed by atoms with van der Waals surface area (Å²) >= 11 is 2.30. The van der Waals surface area contributed by atoms with E-state index in [1.165, 1.54) is 17.4 Å². The van der Waals surface area contributed by atoms with Crippen LogP contribution in [0.5, 0.6) is 0 Å². The number of sulfone groups is 1. The number of benzene rings is 1. The molecule has 4 rings (SSSR count). The molecule has 0 bridgehead atoms. The number of nitrogens with one attached hydrogen (secondary N) is 1. The summed E-state index contributed by atoms with van der Waals surface area (Å²) in [6.45, 7) is 10.9. The molecule has 2 saturated heterocycles. The lowest BCUT2D eigenvalue weighted by molar-refractivity contribution is -0.122. The molecule has 2 heterocycles. The number of hydrogen-bond donors (Lipinski definition) is 1. The number of piperazine rings is 1. The minimum absolute atomic E-state index is 0.0515. The maximum atomic E-state index is 13.6. The van der Waals surface area contributed by atoms with Gasteiger partial charge in [-0.1, -0.05) is 25.5 Å². The number of amides is 1. The monoisotopic (exact) mass is 679 g/mol. The second-order valence-electron chi connectivity index (χ2n) is 11.7. The van der Waals surface area contributed by atoms with Crippen molar-refractivity contribution in [2.75, 3.05) is 43.1 Å². The second kappa shape index (κ2) is 13.0. The molecule has 2 fully saturated rings. The van der Waals surface area contributed by atoms with Crippen LogP contribution < -0.4 is 10.2 Å². The predicted octanol–water partition coefficient (Wildman–Crippen LogP) is 3.73. The maximum absolute atomic E-state index is 13.6. The lowest BCUT2D eigenvalue weighted by Crippen LogP contribution is -2.60. The second-order valence-corrected chi connectivity index (χ2v) is 15.2. The number of carbonyl (C=O) groups excluding carboxylic acids is 1. The van der Waals surface area contributed by atoms with E-state index in [1.54, 1.807) is 0 Å². The molecule has 218 valence electrons. The van der Waals surface area contributed by atoms with E-state index in [-0.39, 0.29) is 42.5 Å². The van der Waals surface area contributed by atoms with Crippen LogP contribution in [0.25, 0.3) is 0 Å². The lowest BCUT2D eigenvalue weighted by Gasteiger charge is -2.44. The van der Waals surface area contributed by atoms with Crippen molar-refractivity contribution in [3.05, 3.63) is 50.6 Å². The molecule has 8 nitrogen and oxygen atoms in total. The highest BCUT2D eigenvalue weighted by Crippen LogP contribution is 2.30. The average molecular weight is 680 g/mol. The average Bonchev–Trinajstić information content (AvgIpc) is 3.15. The minimum atomic E-state index is -3.14. The van der Waals surface area contributed by atoms with Crippen molar-refractivity contribution >= 4 is 44.0 Å². The molecule has 1 N–H and O–H groups in total. The zero-order valence-corrected chi connectivity index (χ0v) is 27.2. The quantitative estimate of drug-likeness (QED) is 0.398. The van der Waals surface area contributed by atoms with Crippen LogP contribution in [0.15, 0.2) is 41.5 Å². The summed E-state index contributed by atoms with van der Waals surface area (Å²) in [6.07, 6.45) is 7.63. The Morgan fingerprint density at radius 1 is 1.18 bits per heavy atom. The van der Waals surface area contributed by atoms with Gasteiger partial charge >= 0.3 is 0 Å². The number of halogens is 1. The van der Waals surface area contributed by atoms with E-state index >= 15 is 0 Å². The smallest absolute Gasteiger partial charge is 0.241 e. The first-order valence-electron chi connectivity index (χ1n) is 14.2. The lowest BCUT2D eigenvalue weighted by atomic mass is 9.88. The Morgan fingerprint density at radius 2 is 1.93 bits per heavy atom. The number of allylic oxidation sites excluding steroid dienone is 3. The van der Waals surface area contributed by atoms with Gasteiger partial charge in [-0.05, 0) is 91.5 Å². The van der Waals surface area contributed by atoms with Gasteiger partial charge in [-0.3, -0.25) is 19.9 Å². The summed E-state index contributed by atoms with van der Waals surface area (Å²) in [4.78, 5) is 20.1. The van der Waals surface area contributed by atoms with Gasteiger partial charge in [0.15, 0.2) is 0 Å². The number of aryl methyl sites for hydroxylation is 1. The summed E-state index contributed by atoms with van der Waals surface area (Å²) < 4.78 is 25.4. The standard InChI is InChI=1S/C30H42IN5O3S/c1-6-23-12-26(31)14-28(13-23)36-17-27(9-10-40(5,38)39)34(19-30(36)37)18-29-21(3)33-22(4)35(29)16-25-8-7-24(15-32)11-20(25)2/h7-8,12-14,20-22,27,29,33H,6,9-11,16-19H2,1-5H3/t20?,21?,22?,27-,29?/m0/s1. The third-order valence-electron chi connectivity index (χ3n) is 8.63. The first-order chi connectivity index (χ1) is 18.9. The number of anilines is 1. The van der Waals surface area contributed by atoms with Gasteiger partial charge in [-0.2, -0.15) is 5.26 Å². The molecule has 2 aliphatic heterocycles. The fourth-order valence-electron chi connectivity index (χ4n) is 6.22. The fraction of sp³-hybridized carbons (Fsp3) is 0.600.